The van der Waals surface area contributed by atoms with Gasteiger partial charge in [-0.15, -0.1) is 0 Å². The predicted molar refractivity (Wildman–Crippen MR) is 56.2 cm³/mol. The van der Waals surface area contributed by atoms with Gasteiger partial charge in [-0.2, -0.15) is 10.5 Å². The molecule has 1 atom stereocenters. The Hall–Kier alpha value is -1.55. The van der Waals surface area contributed by atoms with Gasteiger partial charge in [0.25, 0.3) is 0 Å². The smallest absolute Gasteiger partial charge is 0.223 e. The number of rotatable bonds is 6. The molecule has 0 aromatic rings. The Bertz CT molecular complexity index is 296. The van der Waals surface area contributed by atoms with Crippen molar-refractivity contribution in [3.8, 4) is 12.1 Å². The van der Waals surface area contributed by atoms with Crippen molar-refractivity contribution >= 4 is 5.91 Å². The van der Waals surface area contributed by atoms with Gasteiger partial charge < -0.3 is 5.73 Å². The zero-order valence-electron chi connectivity index (χ0n) is 9.29. The Labute approximate surface area is 90.7 Å². The van der Waals surface area contributed by atoms with Crippen LogP contribution in [0.4, 0.5) is 0 Å². The van der Waals surface area contributed by atoms with Crippen molar-refractivity contribution in [2.45, 2.75) is 39.5 Å². The summed E-state index contributed by atoms with van der Waals surface area (Å²) in [7, 11) is 0. The summed E-state index contributed by atoms with van der Waals surface area (Å²) in [6.45, 7) is 3.48. The molecule has 0 radical (unpaired) electrons. The van der Waals surface area contributed by atoms with E-state index in [2.05, 4.69) is 6.07 Å². The van der Waals surface area contributed by atoms with Crippen molar-refractivity contribution in [1.29, 1.82) is 10.5 Å². The number of amides is 1. The highest BCUT2D eigenvalue weighted by Crippen LogP contribution is 2.27. The van der Waals surface area contributed by atoms with Crippen molar-refractivity contribution in [3.63, 3.8) is 0 Å². The minimum Gasteiger partial charge on any atom is -0.369 e. The summed E-state index contributed by atoms with van der Waals surface area (Å²) in [6, 6.07) is 4.19. The summed E-state index contributed by atoms with van der Waals surface area (Å²) in [4.78, 5) is 11.1. The van der Waals surface area contributed by atoms with E-state index in [4.69, 9.17) is 16.3 Å². The second-order valence-electron chi connectivity index (χ2n) is 4.33. The summed E-state index contributed by atoms with van der Waals surface area (Å²) >= 11 is 0. The van der Waals surface area contributed by atoms with E-state index in [1.807, 2.05) is 6.07 Å². The molecule has 0 saturated heterocycles. The van der Waals surface area contributed by atoms with Gasteiger partial charge in [0.2, 0.25) is 5.91 Å². The van der Waals surface area contributed by atoms with E-state index >= 15 is 0 Å². The second kappa shape index (κ2) is 6.03. The normalized spacial score (nSPS) is 12.5. The largest absolute Gasteiger partial charge is 0.369 e. The summed E-state index contributed by atoms with van der Waals surface area (Å²) in [5.74, 6) is -0.580. The number of unbranched alkanes of at least 4 members (excludes halogenated alkanes) is 1. The minimum atomic E-state index is -0.646. The first-order valence-corrected chi connectivity index (χ1v) is 5.00. The summed E-state index contributed by atoms with van der Waals surface area (Å²) in [5, 5.41) is 17.3. The first-order chi connectivity index (χ1) is 6.94. The highest BCUT2D eigenvalue weighted by molar-refractivity contribution is 5.79. The zero-order chi connectivity index (χ0) is 11.9. The molecule has 0 saturated carbocycles. The molecule has 1 amide bonds. The Morgan fingerprint density at radius 1 is 1.47 bits per heavy atom. The van der Waals surface area contributed by atoms with Crippen LogP contribution in [-0.4, -0.2) is 5.91 Å². The number of nitriles is 2. The molecule has 1 unspecified atom stereocenters. The third-order valence-corrected chi connectivity index (χ3v) is 2.45. The van der Waals surface area contributed by atoms with Crippen LogP contribution in [0.3, 0.4) is 0 Å². The number of nitrogens with two attached hydrogens (primary N) is 1. The molecule has 82 valence electrons. The average molecular weight is 207 g/mol. The fourth-order valence-corrected chi connectivity index (χ4v) is 1.36. The highest BCUT2D eigenvalue weighted by Gasteiger charge is 2.28. The molecule has 15 heavy (non-hydrogen) atoms. The number of nitrogens with zero attached hydrogens (tertiary/aromatic N) is 2. The molecule has 0 spiro atoms. The van der Waals surface area contributed by atoms with Crippen LogP contribution in [0.25, 0.3) is 0 Å². The van der Waals surface area contributed by atoms with Crippen molar-refractivity contribution in [2.24, 2.45) is 17.1 Å². The van der Waals surface area contributed by atoms with Crippen LogP contribution in [0.2, 0.25) is 0 Å². The molecule has 0 aliphatic heterocycles. The summed E-state index contributed by atoms with van der Waals surface area (Å²) in [5.41, 5.74) is 4.58. The molecule has 0 aromatic carbocycles. The van der Waals surface area contributed by atoms with Crippen LogP contribution >= 0.6 is 0 Å². The van der Waals surface area contributed by atoms with Crippen LogP contribution in [0, 0.1) is 34.0 Å². The topological polar surface area (TPSA) is 90.7 Å². The molecule has 4 heteroatoms. The van der Waals surface area contributed by atoms with Gasteiger partial charge in [0, 0.05) is 17.8 Å². The third kappa shape index (κ3) is 5.02. The van der Waals surface area contributed by atoms with E-state index in [9.17, 15) is 4.79 Å². The quantitative estimate of drug-likeness (QED) is 0.672. The highest BCUT2D eigenvalue weighted by atomic mass is 16.1. The molecular weight excluding hydrogens is 190 g/mol. The molecule has 0 rings (SSSR count). The average Bonchev–Trinajstić information content (AvgIpc) is 2.16. The molecule has 2 N–H and O–H groups in total. The number of primary amides is 1. The van der Waals surface area contributed by atoms with E-state index in [1.165, 1.54) is 0 Å². The van der Waals surface area contributed by atoms with Crippen LogP contribution < -0.4 is 5.73 Å². The lowest BCUT2D eigenvalue weighted by molar-refractivity contribution is -0.126. The molecule has 0 fully saturated rings. The predicted octanol–water partition coefficient (Wildman–Crippen LogP) is 1.72. The van der Waals surface area contributed by atoms with E-state index in [0.717, 1.165) is 0 Å². The Morgan fingerprint density at radius 2 is 2.07 bits per heavy atom. The fourth-order valence-electron chi connectivity index (χ4n) is 1.36. The maximum Gasteiger partial charge on any atom is 0.223 e. The lowest BCUT2D eigenvalue weighted by Gasteiger charge is -2.22. The van der Waals surface area contributed by atoms with Gasteiger partial charge in [-0.1, -0.05) is 13.8 Å². The second-order valence-corrected chi connectivity index (χ2v) is 4.33. The molecular formula is C11H17N3O. The number of carbonyl (C=O) groups is 1. The first kappa shape index (κ1) is 13.4. The SMILES string of the molecule is CC(C)(CC(C#N)CCCC#N)C(N)=O. The Kier molecular flexibility index (Phi) is 5.41. The van der Waals surface area contributed by atoms with E-state index in [0.29, 0.717) is 25.7 Å². The third-order valence-electron chi connectivity index (χ3n) is 2.45. The lowest BCUT2D eigenvalue weighted by atomic mass is 9.81. The summed E-state index contributed by atoms with van der Waals surface area (Å²) in [6.07, 6.45) is 2.27. The monoisotopic (exact) mass is 207 g/mol. The molecule has 0 aromatic heterocycles. The van der Waals surface area contributed by atoms with E-state index in [-0.39, 0.29) is 11.8 Å². The molecule has 0 bridgehead atoms. The van der Waals surface area contributed by atoms with Crippen LogP contribution in [0.1, 0.15) is 39.5 Å². The molecule has 0 aliphatic rings. The van der Waals surface area contributed by atoms with Crippen molar-refractivity contribution in [1.82, 2.24) is 0 Å². The zero-order valence-corrected chi connectivity index (χ0v) is 9.29. The Morgan fingerprint density at radius 3 is 2.47 bits per heavy atom. The Balaban J connectivity index is 4.18. The van der Waals surface area contributed by atoms with Gasteiger partial charge in [0.05, 0.1) is 12.1 Å². The standard InChI is InChI=1S/C11H17N3O/c1-11(2,10(14)15)7-9(8-13)5-3-4-6-12/h9H,3-5,7H2,1-2H3,(H2,14,15). The minimum absolute atomic E-state index is 0.194. The van der Waals surface area contributed by atoms with Gasteiger partial charge >= 0.3 is 0 Å². The van der Waals surface area contributed by atoms with Gasteiger partial charge in [0.1, 0.15) is 0 Å². The van der Waals surface area contributed by atoms with Gasteiger partial charge in [-0.3, -0.25) is 4.79 Å². The number of carbonyl (C=O) groups excluding carboxylic acids is 1. The molecule has 4 nitrogen and oxygen atoms in total. The van der Waals surface area contributed by atoms with Crippen molar-refractivity contribution < 1.29 is 4.79 Å². The van der Waals surface area contributed by atoms with Gasteiger partial charge in [-0.25, -0.2) is 0 Å². The molecule has 0 heterocycles. The maximum atomic E-state index is 11.1. The fraction of sp³-hybridized carbons (Fsp3) is 0.727. The molecule has 0 aliphatic carbocycles. The lowest BCUT2D eigenvalue weighted by Crippen LogP contribution is -2.33. The van der Waals surface area contributed by atoms with Crippen LogP contribution in [-0.2, 0) is 4.79 Å². The first-order valence-electron chi connectivity index (χ1n) is 5.00. The summed E-state index contributed by atoms with van der Waals surface area (Å²) < 4.78 is 0. The maximum absolute atomic E-state index is 11.1. The van der Waals surface area contributed by atoms with Crippen LogP contribution in [0.5, 0.6) is 0 Å². The van der Waals surface area contributed by atoms with Crippen molar-refractivity contribution in [3.05, 3.63) is 0 Å². The van der Waals surface area contributed by atoms with Crippen LogP contribution in [0.15, 0.2) is 0 Å². The van der Waals surface area contributed by atoms with E-state index < -0.39 is 5.41 Å². The number of hydrogen-bond acceptors (Lipinski definition) is 3. The number of hydrogen-bond donors (Lipinski definition) is 1. The van der Waals surface area contributed by atoms with Crippen molar-refractivity contribution in [2.75, 3.05) is 0 Å². The van der Waals surface area contributed by atoms with E-state index in [1.54, 1.807) is 13.8 Å². The van der Waals surface area contributed by atoms with Gasteiger partial charge in [-0.05, 0) is 19.3 Å². The van der Waals surface area contributed by atoms with Gasteiger partial charge in [0.15, 0.2) is 0 Å².